The Morgan fingerprint density at radius 1 is 1.30 bits per heavy atom. The van der Waals surface area contributed by atoms with Gasteiger partial charge in [0.15, 0.2) is 0 Å². The predicted molar refractivity (Wildman–Crippen MR) is 79.7 cm³/mol. The number of carboxylic acids is 2. The van der Waals surface area contributed by atoms with E-state index in [4.69, 9.17) is 10.2 Å². The van der Waals surface area contributed by atoms with E-state index in [-0.39, 0.29) is 12.8 Å². The van der Waals surface area contributed by atoms with Crippen LogP contribution in [-0.2, 0) is 9.59 Å². The Morgan fingerprint density at radius 2 is 1.95 bits per heavy atom. The van der Waals surface area contributed by atoms with Crippen molar-refractivity contribution in [1.29, 1.82) is 0 Å². The van der Waals surface area contributed by atoms with E-state index in [0.29, 0.717) is 5.56 Å². The van der Waals surface area contributed by atoms with Crippen LogP contribution in [0, 0.1) is 10.5 Å². The zero-order valence-corrected chi connectivity index (χ0v) is 12.9. The standard InChI is InChI=1S/C13H14INO5/c1-7-3-2-4-8(11(7)14)12(18)15-9(13(19)20)5-6-10(16)17/h2-4,9H,5-6H2,1H3,(H,15,18)(H,16,17)(H,19,20). The van der Waals surface area contributed by atoms with Gasteiger partial charge in [-0.25, -0.2) is 4.79 Å². The number of carboxylic acid groups (broad SMARTS) is 2. The van der Waals surface area contributed by atoms with Gasteiger partial charge in [0.2, 0.25) is 0 Å². The number of benzene rings is 1. The van der Waals surface area contributed by atoms with Gasteiger partial charge in [-0.3, -0.25) is 9.59 Å². The predicted octanol–water partition coefficient (Wildman–Crippen LogP) is 1.65. The summed E-state index contributed by atoms with van der Waals surface area (Å²) in [7, 11) is 0. The van der Waals surface area contributed by atoms with Crippen molar-refractivity contribution >= 4 is 40.4 Å². The first-order chi connectivity index (χ1) is 9.32. The number of nitrogens with one attached hydrogen (secondary N) is 1. The van der Waals surface area contributed by atoms with Crippen LogP contribution in [0.3, 0.4) is 0 Å². The molecule has 1 amide bonds. The van der Waals surface area contributed by atoms with Crippen molar-refractivity contribution in [2.75, 3.05) is 0 Å². The van der Waals surface area contributed by atoms with E-state index in [0.717, 1.165) is 9.13 Å². The van der Waals surface area contributed by atoms with Gasteiger partial charge in [0.25, 0.3) is 5.91 Å². The average molecular weight is 391 g/mol. The lowest BCUT2D eigenvalue weighted by atomic mass is 10.1. The van der Waals surface area contributed by atoms with E-state index in [1.54, 1.807) is 12.1 Å². The minimum absolute atomic E-state index is 0.154. The van der Waals surface area contributed by atoms with Crippen molar-refractivity contribution < 1.29 is 24.6 Å². The fourth-order valence-electron chi connectivity index (χ4n) is 1.58. The third-order valence-electron chi connectivity index (χ3n) is 2.69. The van der Waals surface area contributed by atoms with E-state index in [1.807, 2.05) is 35.6 Å². The quantitative estimate of drug-likeness (QED) is 0.640. The number of carbonyl (C=O) groups is 3. The highest BCUT2D eigenvalue weighted by Crippen LogP contribution is 2.16. The summed E-state index contributed by atoms with van der Waals surface area (Å²) < 4.78 is 0.741. The molecule has 0 saturated carbocycles. The van der Waals surface area contributed by atoms with Crippen LogP contribution in [0.1, 0.15) is 28.8 Å². The van der Waals surface area contributed by atoms with E-state index >= 15 is 0 Å². The first-order valence-electron chi connectivity index (χ1n) is 5.83. The molecule has 0 aromatic heterocycles. The normalized spacial score (nSPS) is 11.7. The summed E-state index contributed by atoms with van der Waals surface area (Å²) in [6.45, 7) is 1.84. The molecule has 3 N–H and O–H groups in total. The van der Waals surface area contributed by atoms with Gasteiger partial charge < -0.3 is 15.5 Å². The molecule has 1 unspecified atom stereocenters. The van der Waals surface area contributed by atoms with Crippen LogP contribution in [0.15, 0.2) is 18.2 Å². The summed E-state index contributed by atoms with van der Waals surface area (Å²) in [5.74, 6) is -2.87. The Balaban J connectivity index is 2.83. The molecular formula is C13H14INO5. The van der Waals surface area contributed by atoms with E-state index in [2.05, 4.69) is 5.32 Å². The molecule has 0 radical (unpaired) electrons. The van der Waals surface area contributed by atoms with Crippen molar-refractivity contribution in [3.63, 3.8) is 0 Å². The Kier molecular flexibility index (Phi) is 5.93. The molecule has 0 aliphatic rings. The molecule has 0 fully saturated rings. The third-order valence-corrected chi connectivity index (χ3v) is 4.12. The summed E-state index contributed by atoms with van der Waals surface area (Å²) in [5, 5.41) is 19.9. The zero-order chi connectivity index (χ0) is 15.3. The molecule has 0 bridgehead atoms. The van der Waals surface area contributed by atoms with Crippen LogP contribution in [0.4, 0.5) is 0 Å². The second-order valence-corrected chi connectivity index (χ2v) is 5.31. The molecule has 1 rings (SSSR count). The van der Waals surface area contributed by atoms with Crippen LogP contribution in [0.25, 0.3) is 0 Å². The van der Waals surface area contributed by atoms with Gasteiger partial charge in [0.1, 0.15) is 6.04 Å². The largest absolute Gasteiger partial charge is 0.481 e. The highest BCUT2D eigenvalue weighted by atomic mass is 127. The monoisotopic (exact) mass is 391 g/mol. The van der Waals surface area contributed by atoms with Crippen molar-refractivity contribution in [3.05, 3.63) is 32.9 Å². The van der Waals surface area contributed by atoms with Crippen LogP contribution in [0.5, 0.6) is 0 Å². The van der Waals surface area contributed by atoms with Gasteiger partial charge in [0, 0.05) is 9.99 Å². The van der Waals surface area contributed by atoms with Crippen LogP contribution >= 0.6 is 22.6 Å². The molecular weight excluding hydrogens is 377 g/mol. The lowest BCUT2D eigenvalue weighted by Gasteiger charge is -2.14. The number of halogens is 1. The molecule has 0 aliphatic carbocycles. The first-order valence-corrected chi connectivity index (χ1v) is 6.91. The Hall–Kier alpha value is -1.64. The lowest BCUT2D eigenvalue weighted by Crippen LogP contribution is -2.41. The van der Waals surface area contributed by atoms with E-state index < -0.39 is 23.9 Å². The second kappa shape index (κ2) is 7.22. The Bertz CT molecular complexity index is 544. The maximum atomic E-state index is 12.1. The van der Waals surface area contributed by atoms with Crippen molar-refractivity contribution in [3.8, 4) is 0 Å². The molecule has 1 atom stereocenters. The molecule has 7 heteroatoms. The fourth-order valence-corrected chi connectivity index (χ4v) is 2.19. The molecule has 108 valence electrons. The molecule has 1 aromatic carbocycles. The molecule has 0 spiro atoms. The molecule has 0 aliphatic heterocycles. The van der Waals surface area contributed by atoms with Gasteiger partial charge in [0.05, 0.1) is 5.56 Å². The Morgan fingerprint density at radius 3 is 2.50 bits per heavy atom. The summed E-state index contributed by atoms with van der Waals surface area (Å²) >= 11 is 2.01. The molecule has 0 saturated heterocycles. The maximum Gasteiger partial charge on any atom is 0.326 e. The summed E-state index contributed by atoms with van der Waals surface area (Å²) in [4.78, 5) is 33.5. The minimum Gasteiger partial charge on any atom is -0.481 e. The number of aliphatic carboxylic acids is 2. The molecule has 0 heterocycles. The van der Waals surface area contributed by atoms with Gasteiger partial charge in [-0.15, -0.1) is 0 Å². The number of hydrogen-bond acceptors (Lipinski definition) is 3. The number of hydrogen-bond donors (Lipinski definition) is 3. The highest BCUT2D eigenvalue weighted by molar-refractivity contribution is 14.1. The summed E-state index contributed by atoms with van der Waals surface area (Å²) in [5.41, 5.74) is 1.29. The van der Waals surface area contributed by atoms with Crippen molar-refractivity contribution in [1.82, 2.24) is 5.32 Å². The summed E-state index contributed by atoms with van der Waals surface area (Å²) in [6.07, 6.45) is -0.471. The highest BCUT2D eigenvalue weighted by Gasteiger charge is 2.22. The van der Waals surface area contributed by atoms with E-state index in [1.165, 1.54) is 0 Å². The van der Waals surface area contributed by atoms with Crippen LogP contribution in [-0.4, -0.2) is 34.1 Å². The average Bonchev–Trinajstić information content (AvgIpc) is 2.36. The van der Waals surface area contributed by atoms with Gasteiger partial charge in [-0.05, 0) is 47.6 Å². The SMILES string of the molecule is Cc1cccc(C(=O)NC(CCC(=O)O)C(=O)O)c1I. The topological polar surface area (TPSA) is 104 Å². The first kappa shape index (κ1) is 16.4. The van der Waals surface area contributed by atoms with E-state index in [9.17, 15) is 14.4 Å². The van der Waals surface area contributed by atoms with Gasteiger partial charge in [-0.2, -0.15) is 0 Å². The maximum absolute atomic E-state index is 12.1. The van der Waals surface area contributed by atoms with Crippen LogP contribution < -0.4 is 5.32 Å². The number of aryl methyl sites for hydroxylation is 1. The minimum atomic E-state index is -1.25. The van der Waals surface area contributed by atoms with Gasteiger partial charge >= 0.3 is 11.9 Å². The molecule has 1 aromatic rings. The fraction of sp³-hybridized carbons (Fsp3) is 0.308. The number of rotatable bonds is 6. The van der Waals surface area contributed by atoms with Crippen LogP contribution in [0.2, 0.25) is 0 Å². The van der Waals surface area contributed by atoms with Crippen molar-refractivity contribution in [2.45, 2.75) is 25.8 Å². The molecule has 20 heavy (non-hydrogen) atoms. The van der Waals surface area contributed by atoms with Crippen molar-refractivity contribution in [2.24, 2.45) is 0 Å². The van der Waals surface area contributed by atoms with Gasteiger partial charge in [-0.1, -0.05) is 12.1 Å². The Labute approximate surface area is 129 Å². The zero-order valence-electron chi connectivity index (χ0n) is 10.7. The molecule has 6 nitrogen and oxygen atoms in total. The number of amides is 1. The number of carbonyl (C=O) groups excluding carboxylic acids is 1. The summed E-state index contributed by atoms with van der Waals surface area (Å²) in [6, 6.07) is 3.94. The second-order valence-electron chi connectivity index (χ2n) is 4.23. The smallest absolute Gasteiger partial charge is 0.326 e. The lowest BCUT2D eigenvalue weighted by molar-refractivity contribution is -0.140. The third kappa shape index (κ3) is 4.48.